The Labute approximate surface area is 190 Å². The molecule has 8 nitrogen and oxygen atoms in total. The predicted octanol–water partition coefficient (Wildman–Crippen LogP) is 4.69. The van der Waals surface area contributed by atoms with Crippen LogP contribution in [0.3, 0.4) is 0 Å². The Hall–Kier alpha value is -3.92. The number of aromatic amines is 1. The molecule has 1 aromatic carbocycles. The molecule has 2 N–H and O–H groups in total. The lowest BCUT2D eigenvalue weighted by molar-refractivity contribution is 0.549. The summed E-state index contributed by atoms with van der Waals surface area (Å²) in [6, 6.07) is 7.45. The minimum absolute atomic E-state index is 0.0770. The summed E-state index contributed by atoms with van der Waals surface area (Å²) in [5, 5.41) is 18.5. The molecule has 5 heterocycles. The van der Waals surface area contributed by atoms with Crippen LogP contribution in [-0.2, 0) is 6.54 Å². The van der Waals surface area contributed by atoms with E-state index in [0.717, 1.165) is 37.0 Å². The highest BCUT2D eigenvalue weighted by molar-refractivity contribution is 6.31. The summed E-state index contributed by atoms with van der Waals surface area (Å²) in [6.45, 7) is 1.67. The second-order valence-corrected chi connectivity index (χ2v) is 8.05. The molecule has 0 radical (unpaired) electrons. The summed E-state index contributed by atoms with van der Waals surface area (Å²) in [6.07, 6.45) is 4.34. The van der Waals surface area contributed by atoms with Crippen LogP contribution in [0.1, 0.15) is 6.42 Å². The summed E-state index contributed by atoms with van der Waals surface area (Å²) >= 11 is 5.87. The van der Waals surface area contributed by atoms with Gasteiger partial charge in [0.15, 0.2) is 5.82 Å². The fraction of sp³-hybridized carbons (Fsp3) is 0.136. The zero-order valence-corrected chi connectivity index (χ0v) is 17.7. The van der Waals surface area contributed by atoms with Gasteiger partial charge in [0.05, 0.1) is 21.7 Å². The number of nitrogens with one attached hydrogen (secondary N) is 2. The number of aryl methyl sites for hydroxylation is 1. The SMILES string of the molecule is Fc1cc(F)c(-c2n[nH]cc2-c2ccc3ncc(-c4nnn5c4NCCC5)cc3n2)cc1Cl. The average Bonchev–Trinajstić information content (AvgIpc) is 3.48. The van der Waals surface area contributed by atoms with Crippen molar-refractivity contribution in [2.75, 3.05) is 11.9 Å². The fourth-order valence-corrected chi connectivity index (χ4v) is 4.12. The van der Waals surface area contributed by atoms with Crippen molar-refractivity contribution in [3.8, 4) is 33.8 Å². The third kappa shape index (κ3) is 3.30. The van der Waals surface area contributed by atoms with Crippen molar-refractivity contribution in [3.05, 3.63) is 59.4 Å². The van der Waals surface area contributed by atoms with Crippen LogP contribution in [-0.4, -0.2) is 41.7 Å². The summed E-state index contributed by atoms with van der Waals surface area (Å²) < 4.78 is 30.0. The highest BCUT2D eigenvalue weighted by Gasteiger charge is 2.20. The Balaban J connectivity index is 1.45. The number of hydrogen-bond donors (Lipinski definition) is 2. The van der Waals surface area contributed by atoms with Crippen molar-refractivity contribution in [2.24, 2.45) is 0 Å². The van der Waals surface area contributed by atoms with Crippen molar-refractivity contribution in [2.45, 2.75) is 13.0 Å². The average molecular weight is 465 g/mol. The molecule has 4 aromatic heterocycles. The third-order valence-electron chi connectivity index (χ3n) is 5.57. The molecule has 1 aliphatic rings. The first kappa shape index (κ1) is 19.7. The summed E-state index contributed by atoms with van der Waals surface area (Å²) in [5.74, 6) is -0.734. The molecule has 164 valence electrons. The molecule has 0 spiro atoms. The van der Waals surface area contributed by atoms with Crippen molar-refractivity contribution >= 4 is 28.5 Å². The van der Waals surface area contributed by atoms with E-state index in [1.807, 2.05) is 16.8 Å². The van der Waals surface area contributed by atoms with Gasteiger partial charge in [-0.05, 0) is 30.7 Å². The first-order valence-electron chi connectivity index (χ1n) is 10.2. The molecule has 11 heteroatoms. The maximum atomic E-state index is 14.5. The van der Waals surface area contributed by atoms with Gasteiger partial charge in [-0.1, -0.05) is 16.8 Å². The lowest BCUT2D eigenvalue weighted by Gasteiger charge is -2.15. The van der Waals surface area contributed by atoms with Crippen LogP contribution in [0.2, 0.25) is 5.02 Å². The quantitative estimate of drug-likeness (QED) is 0.376. The molecular formula is C22H15ClF2N8. The van der Waals surface area contributed by atoms with E-state index in [1.54, 1.807) is 18.5 Å². The standard InChI is InChI=1S/C22H15ClF2N8/c23-14-7-12(15(24)8-16(14)25)21-13(10-28-30-21)17-2-3-18-19(29-17)6-11(9-27-18)20-22-26-4-1-5-33(22)32-31-20/h2-3,6-10,26H,1,4-5H2,(H,28,30). The number of nitrogens with zero attached hydrogens (tertiary/aromatic N) is 6. The number of anilines is 1. The molecule has 0 atom stereocenters. The number of aromatic nitrogens is 7. The van der Waals surface area contributed by atoms with E-state index in [4.69, 9.17) is 16.6 Å². The molecule has 0 saturated carbocycles. The van der Waals surface area contributed by atoms with Crippen LogP contribution in [0, 0.1) is 11.6 Å². The molecule has 0 bridgehead atoms. The van der Waals surface area contributed by atoms with Crippen LogP contribution < -0.4 is 5.32 Å². The molecule has 0 aliphatic carbocycles. The number of H-pyrrole nitrogens is 1. The van der Waals surface area contributed by atoms with Crippen molar-refractivity contribution in [3.63, 3.8) is 0 Å². The van der Waals surface area contributed by atoms with Gasteiger partial charge < -0.3 is 5.32 Å². The van der Waals surface area contributed by atoms with Crippen molar-refractivity contribution in [1.82, 2.24) is 35.2 Å². The Morgan fingerprint density at radius 2 is 1.91 bits per heavy atom. The molecule has 0 amide bonds. The van der Waals surface area contributed by atoms with Gasteiger partial charge in [0, 0.05) is 48.2 Å². The molecule has 5 aromatic rings. The van der Waals surface area contributed by atoms with Crippen LogP contribution in [0.5, 0.6) is 0 Å². The number of halogens is 3. The van der Waals surface area contributed by atoms with E-state index < -0.39 is 11.6 Å². The zero-order valence-electron chi connectivity index (χ0n) is 17.0. The molecule has 6 rings (SSSR count). The topological polar surface area (TPSA) is 97.2 Å². The predicted molar refractivity (Wildman–Crippen MR) is 120 cm³/mol. The van der Waals surface area contributed by atoms with Gasteiger partial charge in [-0.2, -0.15) is 5.10 Å². The summed E-state index contributed by atoms with van der Waals surface area (Å²) in [7, 11) is 0. The van der Waals surface area contributed by atoms with Gasteiger partial charge in [-0.3, -0.25) is 10.1 Å². The summed E-state index contributed by atoms with van der Waals surface area (Å²) in [4.78, 5) is 9.24. The first-order chi connectivity index (χ1) is 16.1. The molecular weight excluding hydrogens is 450 g/mol. The molecule has 0 unspecified atom stereocenters. The molecule has 0 saturated heterocycles. The second kappa shape index (κ2) is 7.59. The minimum Gasteiger partial charge on any atom is -0.368 e. The van der Waals surface area contributed by atoms with Gasteiger partial charge >= 0.3 is 0 Å². The van der Waals surface area contributed by atoms with E-state index in [9.17, 15) is 8.78 Å². The number of fused-ring (bicyclic) bond motifs is 2. The van der Waals surface area contributed by atoms with E-state index >= 15 is 0 Å². The van der Waals surface area contributed by atoms with Crippen molar-refractivity contribution in [1.29, 1.82) is 0 Å². The molecule has 1 aliphatic heterocycles. The van der Waals surface area contributed by atoms with Gasteiger partial charge in [0.2, 0.25) is 0 Å². The molecule has 0 fully saturated rings. The highest BCUT2D eigenvalue weighted by atomic mass is 35.5. The van der Waals surface area contributed by atoms with Gasteiger partial charge in [0.1, 0.15) is 23.0 Å². The van der Waals surface area contributed by atoms with Crippen LogP contribution in [0.4, 0.5) is 14.6 Å². The normalized spacial score (nSPS) is 13.2. The Kier molecular flexibility index (Phi) is 4.54. The fourth-order valence-electron chi connectivity index (χ4n) is 3.96. The van der Waals surface area contributed by atoms with Crippen LogP contribution >= 0.6 is 11.6 Å². The minimum atomic E-state index is -0.831. The van der Waals surface area contributed by atoms with E-state index in [2.05, 4.69) is 30.8 Å². The smallest absolute Gasteiger partial charge is 0.153 e. The van der Waals surface area contributed by atoms with E-state index in [1.165, 1.54) is 6.07 Å². The van der Waals surface area contributed by atoms with E-state index in [0.29, 0.717) is 28.0 Å². The van der Waals surface area contributed by atoms with Gasteiger partial charge in [-0.15, -0.1) is 5.10 Å². The number of rotatable bonds is 3. The number of benzene rings is 1. The summed E-state index contributed by atoms with van der Waals surface area (Å²) in [5.41, 5.74) is 4.27. The Bertz CT molecular complexity index is 1530. The van der Waals surface area contributed by atoms with Gasteiger partial charge in [0.25, 0.3) is 0 Å². The maximum absolute atomic E-state index is 14.5. The maximum Gasteiger partial charge on any atom is 0.153 e. The number of pyridine rings is 2. The Morgan fingerprint density at radius 3 is 2.82 bits per heavy atom. The zero-order chi connectivity index (χ0) is 22.5. The lowest BCUT2D eigenvalue weighted by atomic mass is 10.0. The van der Waals surface area contributed by atoms with Crippen LogP contribution in [0.25, 0.3) is 44.8 Å². The van der Waals surface area contributed by atoms with Gasteiger partial charge in [-0.25, -0.2) is 18.4 Å². The first-order valence-corrected chi connectivity index (χ1v) is 10.6. The van der Waals surface area contributed by atoms with Crippen molar-refractivity contribution < 1.29 is 8.78 Å². The Morgan fingerprint density at radius 1 is 1.00 bits per heavy atom. The monoisotopic (exact) mass is 464 g/mol. The number of hydrogen-bond acceptors (Lipinski definition) is 6. The largest absolute Gasteiger partial charge is 0.368 e. The van der Waals surface area contributed by atoms with Crippen LogP contribution in [0.15, 0.2) is 42.7 Å². The van der Waals surface area contributed by atoms with E-state index in [-0.39, 0.29) is 16.3 Å². The molecule has 33 heavy (non-hydrogen) atoms. The lowest BCUT2D eigenvalue weighted by Crippen LogP contribution is -2.17. The highest BCUT2D eigenvalue weighted by Crippen LogP contribution is 2.34. The third-order valence-corrected chi connectivity index (χ3v) is 5.86. The second-order valence-electron chi connectivity index (χ2n) is 7.64.